The van der Waals surface area contributed by atoms with E-state index in [4.69, 9.17) is 38.1 Å². The van der Waals surface area contributed by atoms with Crippen molar-refractivity contribution < 1.29 is 47.2 Å². The molecule has 0 aromatic rings. The number of hydrogen-bond donors (Lipinski definition) is 4. The second kappa shape index (κ2) is 13.5. The lowest BCUT2D eigenvalue weighted by Crippen LogP contribution is -2.23. The Morgan fingerprint density at radius 1 is 0.586 bits per heavy atom. The highest BCUT2D eigenvalue weighted by molar-refractivity contribution is 7.46. The first-order chi connectivity index (χ1) is 13.1. The summed E-state index contributed by atoms with van der Waals surface area (Å²) in [7, 11) is -8.94. The Morgan fingerprint density at radius 2 is 0.897 bits per heavy atom. The van der Waals surface area contributed by atoms with Crippen molar-refractivity contribution in [2.24, 2.45) is 0 Å². The number of phosphoric acid groups is 2. The summed E-state index contributed by atoms with van der Waals surface area (Å²) in [6.07, 6.45) is 4.86. The van der Waals surface area contributed by atoms with Crippen LogP contribution in [0, 0.1) is 0 Å². The summed E-state index contributed by atoms with van der Waals surface area (Å²) >= 11 is 0. The van der Waals surface area contributed by atoms with Crippen molar-refractivity contribution in [2.75, 3.05) is 26.4 Å². The topological polar surface area (TPSA) is 152 Å². The van der Waals surface area contributed by atoms with Crippen molar-refractivity contribution in [2.45, 2.75) is 83.8 Å². The molecule has 4 N–H and O–H groups in total. The summed E-state index contributed by atoms with van der Waals surface area (Å²) in [5, 5.41) is 0. The van der Waals surface area contributed by atoms with E-state index in [-0.39, 0.29) is 0 Å². The van der Waals surface area contributed by atoms with Crippen LogP contribution in [0.15, 0.2) is 0 Å². The SMILES string of the molecule is CC(C)(CCCCOCCCOCCCCC(C)(C)OP(=O)(O)O)OP(=O)(O)O. The molecule has 0 heterocycles. The molecule has 0 aromatic carbocycles. The van der Waals surface area contributed by atoms with Gasteiger partial charge in [-0.3, -0.25) is 9.05 Å². The highest BCUT2D eigenvalue weighted by Gasteiger charge is 2.29. The van der Waals surface area contributed by atoms with Gasteiger partial charge in [0.05, 0.1) is 11.2 Å². The average molecular weight is 464 g/mol. The smallest absolute Gasteiger partial charge is 0.381 e. The molecular formula is C17H38O10P2. The fraction of sp³-hybridized carbons (Fsp3) is 1.00. The molecule has 0 aliphatic heterocycles. The van der Waals surface area contributed by atoms with Gasteiger partial charge in [0, 0.05) is 26.4 Å². The summed E-state index contributed by atoms with van der Waals surface area (Å²) in [5.41, 5.74) is -1.74. The summed E-state index contributed by atoms with van der Waals surface area (Å²) in [4.78, 5) is 35.4. The Kier molecular flexibility index (Phi) is 13.6. The highest BCUT2D eigenvalue weighted by Crippen LogP contribution is 2.43. The average Bonchev–Trinajstić information content (AvgIpc) is 2.46. The summed E-state index contributed by atoms with van der Waals surface area (Å²) in [6.45, 7) is 8.89. The molecule has 0 aromatic heterocycles. The molecule has 0 spiro atoms. The van der Waals surface area contributed by atoms with Gasteiger partial charge in [-0.15, -0.1) is 0 Å². The second-order valence-corrected chi connectivity index (χ2v) is 10.5. The van der Waals surface area contributed by atoms with Gasteiger partial charge in [0.25, 0.3) is 0 Å². The molecule has 176 valence electrons. The van der Waals surface area contributed by atoms with E-state index in [2.05, 4.69) is 0 Å². The lowest BCUT2D eigenvalue weighted by molar-refractivity contribution is 0.0490. The van der Waals surface area contributed by atoms with E-state index in [0.717, 1.165) is 32.1 Å². The summed E-state index contributed by atoms with van der Waals surface area (Å²) in [6, 6.07) is 0. The lowest BCUT2D eigenvalue weighted by Gasteiger charge is -2.25. The Balaban J connectivity index is 3.50. The van der Waals surface area contributed by atoms with E-state index < -0.39 is 26.8 Å². The van der Waals surface area contributed by atoms with Gasteiger partial charge in [0.2, 0.25) is 0 Å². The van der Waals surface area contributed by atoms with Gasteiger partial charge in [-0.25, -0.2) is 9.13 Å². The van der Waals surface area contributed by atoms with Crippen LogP contribution in [0.25, 0.3) is 0 Å². The van der Waals surface area contributed by atoms with Crippen LogP contribution in [0.3, 0.4) is 0 Å². The van der Waals surface area contributed by atoms with Crippen molar-refractivity contribution in [1.29, 1.82) is 0 Å². The van der Waals surface area contributed by atoms with Crippen molar-refractivity contribution in [3.8, 4) is 0 Å². The van der Waals surface area contributed by atoms with Gasteiger partial charge >= 0.3 is 15.6 Å². The third-order valence-corrected chi connectivity index (χ3v) is 5.41. The monoisotopic (exact) mass is 464 g/mol. The Morgan fingerprint density at radius 3 is 1.21 bits per heavy atom. The van der Waals surface area contributed by atoms with Gasteiger partial charge in [0.1, 0.15) is 0 Å². The maximum Gasteiger partial charge on any atom is 0.470 e. The van der Waals surface area contributed by atoms with Crippen LogP contribution in [0.1, 0.15) is 72.6 Å². The molecule has 0 aliphatic rings. The zero-order valence-electron chi connectivity index (χ0n) is 17.9. The molecule has 0 saturated carbocycles. The van der Waals surface area contributed by atoms with Crippen molar-refractivity contribution >= 4 is 15.6 Å². The predicted octanol–water partition coefficient (Wildman–Crippen LogP) is 3.53. The fourth-order valence-electron chi connectivity index (χ4n) is 2.71. The van der Waals surface area contributed by atoms with Crippen LogP contribution < -0.4 is 0 Å². The largest absolute Gasteiger partial charge is 0.470 e. The second-order valence-electron chi connectivity index (χ2n) is 8.18. The van der Waals surface area contributed by atoms with E-state index in [1.807, 2.05) is 0 Å². The summed E-state index contributed by atoms with van der Waals surface area (Å²) in [5.74, 6) is 0. The molecule has 0 aliphatic carbocycles. The quantitative estimate of drug-likeness (QED) is 0.175. The van der Waals surface area contributed by atoms with Gasteiger partial charge in [-0.2, -0.15) is 0 Å². The van der Waals surface area contributed by atoms with E-state index in [9.17, 15) is 9.13 Å². The van der Waals surface area contributed by atoms with Gasteiger partial charge in [-0.05, 0) is 72.6 Å². The van der Waals surface area contributed by atoms with Crippen LogP contribution in [-0.2, 0) is 27.7 Å². The minimum Gasteiger partial charge on any atom is -0.381 e. The normalized spacial score (nSPS) is 13.8. The lowest BCUT2D eigenvalue weighted by atomic mass is 10.0. The van der Waals surface area contributed by atoms with Gasteiger partial charge in [-0.1, -0.05) is 0 Å². The molecule has 0 amide bonds. The van der Waals surface area contributed by atoms with Crippen molar-refractivity contribution in [3.05, 3.63) is 0 Å². The van der Waals surface area contributed by atoms with Crippen molar-refractivity contribution in [3.63, 3.8) is 0 Å². The van der Waals surface area contributed by atoms with Gasteiger partial charge < -0.3 is 29.0 Å². The minimum atomic E-state index is -4.47. The first kappa shape index (κ1) is 29.1. The predicted molar refractivity (Wildman–Crippen MR) is 108 cm³/mol. The Hall–Kier alpha value is 0.140. The minimum absolute atomic E-state index is 0.528. The van der Waals surface area contributed by atoms with Crippen LogP contribution in [-0.4, -0.2) is 57.2 Å². The molecular weight excluding hydrogens is 426 g/mol. The first-order valence-electron chi connectivity index (χ1n) is 9.80. The molecule has 0 rings (SSSR count). The molecule has 0 atom stereocenters. The number of unbranched alkanes of at least 4 members (excludes halogenated alkanes) is 2. The molecule has 10 nitrogen and oxygen atoms in total. The maximum atomic E-state index is 10.9. The van der Waals surface area contributed by atoms with E-state index in [0.29, 0.717) is 39.3 Å². The van der Waals surface area contributed by atoms with Crippen molar-refractivity contribution in [1.82, 2.24) is 0 Å². The molecule has 12 heteroatoms. The Bertz CT molecular complexity index is 480. The molecule has 0 bridgehead atoms. The fourth-order valence-corrected chi connectivity index (χ4v) is 4.18. The maximum absolute atomic E-state index is 10.9. The third-order valence-electron chi connectivity index (χ3n) is 3.94. The molecule has 0 unspecified atom stereocenters. The first-order valence-corrected chi connectivity index (χ1v) is 12.9. The van der Waals surface area contributed by atoms with E-state index in [1.165, 1.54) is 0 Å². The standard InChI is InChI=1S/C17H38O10P2/c1-16(2,26-28(18,19)20)10-5-7-12-24-14-9-15-25-13-8-6-11-17(3,4)27-29(21,22)23/h5-15H2,1-4H3,(H2,18,19,20)(H2,21,22,23). The molecule has 0 fully saturated rings. The Labute approximate surface area is 173 Å². The van der Waals surface area contributed by atoms with Crippen LogP contribution in [0.5, 0.6) is 0 Å². The number of rotatable bonds is 18. The zero-order chi connectivity index (χ0) is 22.6. The van der Waals surface area contributed by atoms with E-state index >= 15 is 0 Å². The number of ether oxygens (including phenoxy) is 2. The number of phosphoric ester groups is 2. The van der Waals surface area contributed by atoms with Crippen LogP contribution >= 0.6 is 15.6 Å². The summed E-state index contributed by atoms with van der Waals surface area (Å²) < 4.78 is 42.2. The highest BCUT2D eigenvalue weighted by atomic mass is 31.2. The van der Waals surface area contributed by atoms with Crippen LogP contribution in [0.4, 0.5) is 0 Å². The molecule has 0 saturated heterocycles. The zero-order valence-corrected chi connectivity index (χ0v) is 19.7. The third kappa shape index (κ3) is 21.2. The molecule has 0 radical (unpaired) electrons. The molecule has 29 heavy (non-hydrogen) atoms. The van der Waals surface area contributed by atoms with Crippen LogP contribution in [0.2, 0.25) is 0 Å². The van der Waals surface area contributed by atoms with Gasteiger partial charge in [0.15, 0.2) is 0 Å². The van der Waals surface area contributed by atoms with E-state index in [1.54, 1.807) is 27.7 Å². The number of hydrogen-bond acceptors (Lipinski definition) is 6.